The van der Waals surface area contributed by atoms with E-state index >= 15 is 0 Å². The SMILES string of the molecule is C=C[C@H](CCO[Si](C)(C)C(C)(C)C)C[C@@H](C)S(N)(=O)=O. The molecule has 120 valence electrons. The van der Waals surface area contributed by atoms with Gasteiger partial charge in [0.15, 0.2) is 8.32 Å². The summed E-state index contributed by atoms with van der Waals surface area (Å²) in [4.78, 5) is 0. The van der Waals surface area contributed by atoms with Crippen LogP contribution in [0.4, 0.5) is 0 Å². The number of rotatable bonds is 8. The van der Waals surface area contributed by atoms with Crippen molar-refractivity contribution in [3.05, 3.63) is 12.7 Å². The lowest BCUT2D eigenvalue weighted by Crippen LogP contribution is -2.41. The first-order chi connectivity index (χ1) is 8.81. The van der Waals surface area contributed by atoms with Crippen LogP contribution in [0.1, 0.15) is 40.5 Å². The summed E-state index contributed by atoms with van der Waals surface area (Å²) in [7, 11) is -5.20. The van der Waals surface area contributed by atoms with Gasteiger partial charge in [-0.3, -0.25) is 0 Å². The molecule has 2 N–H and O–H groups in total. The van der Waals surface area contributed by atoms with Crippen LogP contribution >= 0.6 is 0 Å². The minimum Gasteiger partial charge on any atom is -0.417 e. The zero-order valence-corrected chi connectivity index (χ0v) is 15.6. The minimum absolute atomic E-state index is 0.119. The van der Waals surface area contributed by atoms with Crippen LogP contribution in [0.2, 0.25) is 18.1 Å². The van der Waals surface area contributed by atoms with Crippen molar-refractivity contribution in [3.63, 3.8) is 0 Å². The molecule has 0 aliphatic rings. The fourth-order valence-electron chi connectivity index (χ4n) is 1.57. The summed E-state index contributed by atoms with van der Waals surface area (Å²) in [5, 5.41) is 4.79. The minimum atomic E-state index is -3.46. The fraction of sp³-hybridized carbons (Fsp3) is 0.857. The summed E-state index contributed by atoms with van der Waals surface area (Å²) in [6, 6.07) is 0. The lowest BCUT2D eigenvalue weighted by Gasteiger charge is -2.36. The lowest BCUT2D eigenvalue weighted by atomic mass is 10.0. The van der Waals surface area contributed by atoms with Crippen LogP contribution in [-0.4, -0.2) is 28.6 Å². The topological polar surface area (TPSA) is 69.4 Å². The van der Waals surface area contributed by atoms with Gasteiger partial charge in [0.1, 0.15) is 0 Å². The van der Waals surface area contributed by atoms with Gasteiger partial charge in [0, 0.05) is 6.61 Å². The highest BCUT2D eigenvalue weighted by molar-refractivity contribution is 7.89. The van der Waals surface area contributed by atoms with E-state index < -0.39 is 23.6 Å². The second-order valence-corrected chi connectivity index (χ2v) is 13.8. The second-order valence-electron chi connectivity index (χ2n) is 7.03. The zero-order valence-electron chi connectivity index (χ0n) is 13.8. The Bertz CT molecular complexity index is 413. The average Bonchev–Trinajstić information content (AvgIpc) is 2.24. The maximum atomic E-state index is 11.3. The number of hydrogen-bond donors (Lipinski definition) is 1. The van der Waals surface area contributed by atoms with Crippen molar-refractivity contribution in [1.29, 1.82) is 0 Å². The van der Waals surface area contributed by atoms with Gasteiger partial charge in [-0.15, -0.1) is 6.58 Å². The van der Waals surface area contributed by atoms with Crippen molar-refractivity contribution in [1.82, 2.24) is 0 Å². The Labute approximate surface area is 126 Å². The van der Waals surface area contributed by atoms with Gasteiger partial charge in [-0.1, -0.05) is 26.8 Å². The highest BCUT2D eigenvalue weighted by Gasteiger charge is 2.37. The Morgan fingerprint density at radius 2 is 1.85 bits per heavy atom. The third kappa shape index (κ3) is 6.52. The highest BCUT2D eigenvalue weighted by Crippen LogP contribution is 2.36. The van der Waals surface area contributed by atoms with Gasteiger partial charge in [0.25, 0.3) is 0 Å². The van der Waals surface area contributed by atoms with Crippen LogP contribution in [0.25, 0.3) is 0 Å². The van der Waals surface area contributed by atoms with Gasteiger partial charge >= 0.3 is 0 Å². The van der Waals surface area contributed by atoms with Crippen LogP contribution in [-0.2, 0) is 14.4 Å². The number of nitrogens with two attached hydrogens (primary N) is 1. The first-order valence-corrected chi connectivity index (χ1v) is 11.6. The molecule has 0 unspecified atom stereocenters. The summed E-state index contributed by atoms with van der Waals surface area (Å²) in [5.41, 5.74) is 0. The largest absolute Gasteiger partial charge is 0.417 e. The smallest absolute Gasteiger partial charge is 0.211 e. The van der Waals surface area contributed by atoms with Crippen molar-refractivity contribution < 1.29 is 12.8 Å². The summed E-state index contributed by atoms with van der Waals surface area (Å²) < 4.78 is 28.6. The Kier molecular flexibility index (Phi) is 7.14. The van der Waals surface area contributed by atoms with E-state index in [1.165, 1.54) is 0 Å². The molecule has 0 heterocycles. The summed E-state index contributed by atoms with van der Waals surface area (Å²) in [5.74, 6) is 0.119. The van der Waals surface area contributed by atoms with Gasteiger partial charge in [-0.25, -0.2) is 13.6 Å². The molecule has 0 bridgehead atoms. The van der Waals surface area contributed by atoms with E-state index in [-0.39, 0.29) is 11.0 Å². The third-order valence-electron chi connectivity index (χ3n) is 4.29. The normalized spacial score (nSPS) is 16.8. The number of hydrogen-bond acceptors (Lipinski definition) is 3. The second kappa shape index (κ2) is 7.20. The number of primary sulfonamides is 1. The van der Waals surface area contributed by atoms with Crippen molar-refractivity contribution in [2.24, 2.45) is 11.1 Å². The molecule has 0 spiro atoms. The van der Waals surface area contributed by atoms with Crippen LogP contribution in [0.15, 0.2) is 12.7 Å². The molecule has 0 saturated heterocycles. The van der Waals surface area contributed by atoms with Gasteiger partial charge in [0.2, 0.25) is 10.0 Å². The predicted molar refractivity (Wildman–Crippen MR) is 88.6 cm³/mol. The molecule has 4 nitrogen and oxygen atoms in total. The van der Waals surface area contributed by atoms with Crippen LogP contribution in [0.5, 0.6) is 0 Å². The molecule has 0 aromatic rings. The first kappa shape index (κ1) is 19.8. The molecular formula is C14H31NO3SSi. The van der Waals surface area contributed by atoms with Crippen molar-refractivity contribution in [2.75, 3.05) is 6.61 Å². The van der Waals surface area contributed by atoms with E-state index in [1.54, 1.807) is 13.0 Å². The first-order valence-electron chi connectivity index (χ1n) is 7.09. The van der Waals surface area contributed by atoms with Crippen molar-refractivity contribution in [2.45, 2.75) is 63.9 Å². The quantitative estimate of drug-likeness (QED) is 0.551. The molecule has 0 fully saturated rings. The van der Waals surface area contributed by atoms with Crippen molar-refractivity contribution >= 4 is 18.3 Å². The molecule has 0 aromatic carbocycles. The van der Waals surface area contributed by atoms with E-state index in [0.29, 0.717) is 13.0 Å². The maximum absolute atomic E-state index is 11.3. The highest BCUT2D eigenvalue weighted by atomic mass is 32.2. The molecule has 2 atom stereocenters. The molecule has 0 amide bonds. The van der Waals surface area contributed by atoms with Gasteiger partial charge < -0.3 is 4.43 Å². The van der Waals surface area contributed by atoms with E-state index in [4.69, 9.17) is 9.56 Å². The molecule has 0 aliphatic carbocycles. The Morgan fingerprint density at radius 1 is 1.35 bits per heavy atom. The Balaban J connectivity index is 4.39. The molecule has 0 saturated carbocycles. The molecule has 0 rings (SSSR count). The third-order valence-corrected chi connectivity index (χ3v) is 10.1. The number of allylic oxidation sites excluding steroid dienone is 1. The maximum Gasteiger partial charge on any atom is 0.211 e. The number of sulfonamides is 1. The van der Waals surface area contributed by atoms with E-state index in [0.717, 1.165) is 6.42 Å². The van der Waals surface area contributed by atoms with Crippen LogP contribution < -0.4 is 5.14 Å². The molecule has 20 heavy (non-hydrogen) atoms. The molecule has 6 heteroatoms. The van der Waals surface area contributed by atoms with E-state index in [2.05, 4.69) is 40.4 Å². The lowest BCUT2D eigenvalue weighted by molar-refractivity contribution is 0.263. The molecular weight excluding hydrogens is 290 g/mol. The summed E-state index contributed by atoms with van der Waals surface area (Å²) in [6.45, 7) is 17.1. The van der Waals surface area contributed by atoms with E-state index in [9.17, 15) is 8.42 Å². The Hall–Kier alpha value is -0.173. The molecule has 0 aliphatic heterocycles. The Morgan fingerprint density at radius 3 is 2.20 bits per heavy atom. The summed E-state index contributed by atoms with van der Waals surface area (Å²) in [6.07, 6.45) is 3.09. The van der Waals surface area contributed by atoms with Gasteiger partial charge in [0.05, 0.1) is 5.25 Å². The molecule has 0 radical (unpaired) electrons. The van der Waals surface area contributed by atoms with Gasteiger partial charge in [-0.2, -0.15) is 0 Å². The standard InChI is InChI=1S/C14H31NO3SSi/c1-8-13(11-12(2)19(15,16)17)9-10-18-20(6,7)14(3,4)5/h8,12-13H,1,9-11H2,2-7H3,(H2,15,16,17)/t12-,13-/m1/s1. The van der Waals surface area contributed by atoms with Crippen LogP contribution in [0.3, 0.4) is 0 Å². The summed E-state index contributed by atoms with van der Waals surface area (Å²) >= 11 is 0. The molecule has 0 aromatic heterocycles. The zero-order chi connectivity index (χ0) is 16.2. The monoisotopic (exact) mass is 321 g/mol. The predicted octanol–water partition coefficient (Wildman–Crippen LogP) is 3.27. The van der Waals surface area contributed by atoms with Crippen LogP contribution in [0, 0.1) is 5.92 Å². The fourth-order valence-corrected chi connectivity index (χ4v) is 3.15. The van der Waals surface area contributed by atoms with E-state index in [1.807, 2.05) is 0 Å². The average molecular weight is 322 g/mol. The van der Waals surface area contributed by atoms with Gasteiger partial charge in [-0.05, 0) is 43.8 Å². The van der Waals surface area contributed by atoms with Crippen molar-refractivity contribution in [3.8, 4) is 0 Å².